The Morgan fingerprint density at radius 2 is 2.00 bits per heavy atom. The summed E-state index contributed by atoms with van der Waals surface area (Å²) in [4.78, 5) is 0. The summed E-state index contributed by atoms with van der Waals surface area (Å²) in [5, 5.41) is 1.84. The van der Waals surface area contributed by atoms with Crippen LogP contribution in [0.15, 0.2) is 41.4 Å². The first-order valence-corrected chi connectivity index (χ1v) is 7.56. The molecule has 1 aromatic carbocycles. The van der Waals surface area contributed by atoms with E-state index in [0.29, 0.717) is 12.3 Å². The van der Waals surface area contributed by atoms with Gasteiger partial charge >= 0.3 is 0 Å². The van der Waals surface area contributed by atoms with Gasteiger partial charge in [0.1, 0.15) is 7.14 Å². The fraction of sp³-hybridized carbons (Fsp3) is 0.333. The Kier molecular flexibility index (Phi) is 3.04. The van der Waals surface area contributed by atoms with Gasteiger partial charge in [0.05, 0.1) is 0 Å². The second kappa shape index (κ2) is 4.15. The molecule has 0 aromatic heterocycles. The first-order chi connectivity index (χ1) is 7.12. The lowest BCUT2D eigenvalue weighted by Gasteiger charge is -2.25. The minimum atomic E-state index is -2.22. The Morgan fingerprint density at radius 3 is 2.60 bits per heavy atom. The summed E-state index contributed by atoms with van der Waals surface area (Å²) in [7, 11) is -2.22. The lowest BCUT2D eigenvalue weighted by atomic mass is 10.2. The summed E-state index contributed by atoms with van der Waals surface area (Å²) in [5.41, 5.74) is 0. The molecule has 0 saturated heterocycles. The molecule has 80 valence electrons. The van der Waals surface area contributed by atoms with Crippen molar-refractivity contribution in [3.8, 4) is 0 Å². The van der Waals surface area contributed by atoms with Gasteiger partial charge in [0.15, 0.2) is 0 Å². The van der Waals surface area contributed by atoms with Crippen molar-refractivity contribution in [3.63, 3.8) is 0 Å². The van der Waals surface area contributed by atoms with Crippen LogP contribution in [0.1, 0.15) is 6.92 Å². The standard InChI is InChI=1S/C12H14ClOP/c1-10-9-15(14,8-7-12(10)13)11-5-3-2-4-6-11/h2-7,10H,8-9H2,1H3. The molecule has 0 saturated carbocycles. The lowest BCUT2D eigenvalue weighted by Crippen LogP contribution is -2.18. The summed E-state index contributed by atoms with van der Waals surface area (Å²) in [6.07, 6.45) is 3.23. The number of hydrogen-bond donors (Lipinski definition) is 0. The molecule has 2 atom stereocenters. The molecule has 0 bridgehead atoms. The second-order valence-corrected chi connectivity index (χ2v) is 7.54. The van der Waals surface area contributed by atoms with Crippen molar-refractivity contribution < 1.29 is 4.57 Å². The molecule has 1 heterocycles. The van der Waals surface area contributed by atoms with Crippen LogP contribution in [0.5, 0.6) is 0 Å². The molecule has 0 radical (unpaired) electrons. The molecule has 0 spiro atoms. The van der Waals surface area contributed by atoms with Crippen LogP contribution in [0.25, 0.3) is 0 Å². The zero-order chi connectivity index (χ0) is 10.9. The molecule has 2 rings (SSSR count). The van der Waals surface area contributed by atoms with Crippen LogP contribution in [0, 0.1) is 5.92 Å². The Bertz CT molecular complexity index is 425. The van der Waals surface area contributed by atoms with Gasteiger partial charge in [0.2, 0.25) is 0 Å². The number of halogens is 1. The average Bonchev–Trinajstić information content (AvgIpc) is 2.26. The first kappa shape index (κ1) is 11.0. The van der Waals surface area contributed by atoms with Crippen molar-refractivity contribution in [3.05, 3.63) is 41.4 Å². The third kappa shape index (κ3) is 2.19. The van der Waals surface area contributed by atoms with Crippen LogP contribution >= 0.6 is 18.7 Å². The fourth-order valence-electron chi connectivity index (χ4n) is 1.95. The normalized spacial score (nSPS) is 31.1. The summed E-state index contributed by atoms with van der Waals surface area (Å²) < 4.78 is 12.7. The summed E-state index contributed by atoms with van der Waals surface area (Å²) in [6.45, 7) is 2.04. The number of rotatable bonds is 1. The molecule has 1 nitrogen and oxygen atoms in total. The van der Waals surface area contributed by atoms with Crippen LogP contribution < -0.4 is 5.30 Å². The minimum Gasteiger partial charge on any atom is -0.318 e. The highest BCUT2D eigenvalue weighted by Gasteiger charge is 2.30. The van der Waals surface area contributed by atoms with Crippen molar-refractivity contribution in [2.75, 3.05) is 12.3 Å². The smallest absolute Gasteiger partial charge is 0.119 e. The molecule has 0 aliphatic carbocycles. The monoisotopic (exact) mass is 240 g/mol. The van der Waals surface area contributed by atoms with E-state index in [0.717, 1.165) is 10.3 Å². The zero-order valence-corrected chi connectivity index (χ0v) is 10.3. The van der Waals surface area contributed by atoms with Crippen LogP contribution in [0.3, 0.4) is 0 Å². The van der Waals surface area contributed by atoms with Crippen molar-refractivity contribution >= 4 is 24.0 Å². The molecular formula is C12H14ClOP. The molecule has 1 aliphatic rings. The Labute approximate surface area is 95.5 Å². The van der Waals surface area contributed by atoms with Gasteiger partial charge in [-0.15, -0.1) is 0 Å². The Hall–Kier alpha value is -0.520. The van der Waals surface area contributed by atoms with Gasteiger partial charge in [-0.25, -0.2) is 0 Å². The van der Waals surface area contributed by atoms with Gasteiger partial charge in [-0.2, -0.15) is 0 Å². The number of allylic oxidation sites excluding steroid dienone is 2. The van der Waals surface area contributed by atoms with E-state index in [1.807, 2.05) is 43.3 Å². The van der Waals surface area contributed by atoms with Crippen LogP contribution in [-0.4, -0.2) is 12.3 Å². The van der Waals surface area contributed by atoms with E-state index in [1.54, 1.807) is 0 Å². The van der Waals surface area contributed by atoms with Gasteiger partial charge in [-0.1, -0.05) is 54.9 Å². The van der Waals surface area contributed by atoms with Gasteiger partial charge < -0.3 is 4.57 Å². The highest BCUT2D eigenvalue weighted by atomic mass is 35.5. The van der Waals surface area contributed by atoms with Crippen molar-refractivity contribution in [1.29, 1.82) is 0 Å². The molecule has 0 fully saturated rings. The molecular weight excluding hydrogens is 227 g/mol. The largest absolute Gasteiger partial charge is 0.318 e. The Balaban J connectivity index is 2.35. The van der Waals surface area contributed by atoms with E-state index in [-0.39, 0.29) is 5.92 Å². The van der Waals surface area contributed by atoms with E-state index in [4.69, 9.17) is 11.6 Å². The predicted octanol–water partition coefficient (Wildman–Crippen LogP) is 3.45. The van der Waals surface area contributed by atoms with Gasteiger partial charge in [-0.3, -0.25) is 0 Å². The van der Waals surface area contributed by atoms with E-state index in [2.05, 4.69) is 0 Å². The third-order valence-corrected chi connectivity index (χ3v) is 6.52. The molecule has 1 aromatic rings. The second-order valence-electron chi connectivity index (χ2n) is 4.08. The summed E-state index contributed by atoms with van der Waals surface area (Å²) in [5.74, 6) is 0.228. The maximum atomic E-state index is 12.7. The minimum absolute atomic E-state index is 0.228. The topological polar surface area (TPSA) is 17.1 Å². The predicted molar refractivity (Wildman–Crippen MR) is 66.5 cm³/mol. The molecule has 0 N–H and O–H groups in total. The lowest BCUT2D eigenvalue weighted by molar-refractivity contribution is 0.575. The maximum absolute atomic E-state index is 12.7. The van der Waals surface area contributed by atoms with Crippen LogP contribution in [-0.2, 0) is 4.57 Å². The molecule has 3 heteroatoms. The number of hydrogen-bond acceptors (Lipinski definition) is 1. The van der Waals surface area contributed by atoms with Gasteiger partial charge in [-0.05, 0) is 5.92 Å². The SMILES string of the molecule is CC1CP(=O)(c2ccccc2)CC=C1Cl. The van der Waals surface area contributed by atoms with Crippen LogP contribution in [0.2, 0.25) is 0 Å². The number of benzene rings is 1. The highest BCUT2D eigenvalue weighted by Crippen LogP contribution is 2.50. The van der Waals surface area contributed by atoms with Crippen molar-refractivity contribution in [2.45, 2.75) is 6.92 Å². The Morgan fingerprint density at radius 1 is 1.33 bits per heavy atom. The zero-order valence-electron chi connectivity index (χ0n) is 8.69. The van der Waals surface area contributed by atoms with Crippen molar-refractivity contribution in [2.24, 2.45) is 5.92 Å². The van der Waals surface area contributed by atoms with E-state index < -0.39 is 7.14 Å². The third-order valence-electron chi connectivity index (χ3n) is 2.85. The van der Waals surface area contributed by atoms with E-state index in [1.165, 1.54) is 0 Å². The summed E-state index contributed by atoms with van der Waals surface area (Å²) >= 11 is 6.02. The highest BCUT2D eigenvalue weighted by molar-refractivity contribution is 7.71. The maximum Gasteiger partial charge on any atom is 0.119 e. The fourth-order valence-corrected chi connectivity index (χ4v) is 5.18. The quantitative estimate of drug-likeness (QED) is 0.687. The molecule has 2 unspecified atom stereocenters. The molecule has 15 heavy (non-hydrogen) atoms. The average molecular weight is 241 g/mol. The van der Waals surface area contributed by atoms with Gasteiger partial charge in [0, 0.05) is 22.7 Å². The van der Waals surface area contributed by atoms with Crippen molar-refractivity contribution in [1.82, 2.24) is 0 Å². The van der Waals surface area contributed by atoms with Crippen LogP contribution in [0.4, 0.5) is 0 Å². The first-order valence-electron chi connectivity index (χ1n) is 5.11. The van der Waals surface area contributed by atoms with Gasteiger partial charge in [0.25, 0.3) is 0 Å². The molecule has 1 aliphatic heterocycles. The van der Waals surface area contributed by atoms with E-state index in [9.17, 15) is 4.57 Å². The molecule has 0 amide bonds. The van der Waals surface area contributed by atoms with E-state index >= 15 is 0 Å². The summed E-state index contributed by atoms with van der Waals surface area (Å²) in [6, 6.07) is 9.76.